The summed E-state index contributed by atoms with van der Waals surface area (Å²) in [6.07, 6.45) is 5.36. The third-order valence-corrected chi connectivity index (χ3v) is 3.02. The van der Waals surface area contributed by atoms with Crippen molar-refractivity contribution in [1.82, 2.24) is 0 Å². The molecule has 0 aliphatic carbocycles. The van der Waals surface area contributed by atoms with E-state index in [1.165, 1.54) is 5.57 Å². The second kappa shape index (κ2) is 3.51. The Morgan fingerprint density at radius 1 is 1.42 bits per heavy atom. The molecule has 0 aromatic rings. The van der Waals surface area contributed by atoms with Crippen LogP contribution in [0.4, 0.5) is 0 Å². The molecule has 12 heavy (non-hydrogen) atoms. The highest BCUT2D eigenvalue weighted by Crippen LogP contribution is 2.37. The Labute approximate surface area is 75.8 Å². The van der Waals surface area contributed by atoms with Crippen molar-refractivity contribution in [3.05, 3.63) is 11.8 Å². The third kappa shape index (κ3) is 1.65. The largest absolute Gasteiger partial charge is 0.495 e. The van der Waals surface area contributed by atoms with Crippen molar-refractivity contribution in [2.45, 2.75) is 52.6 Å². The van der Waals surface area contributed by atoms with Crippen LogP contribution in [0.5, 0.6) is 0 Å². The smallest absolute Gasteiger partial charge is 0.111 e. The first-order valence-corrected chi connectivity index (χ1v) is 5.00. The predicted molar refractivity (Wildman–Crippen MR) is 51.9 cm³/mol. The van der Waals surface area contributed by atoms with Crippen molar-refractivity contribution in [3.8, 4) is 0 Å². The van der Waals surface area contributed by atoms with E-state index in [2.05, 4.69) is 27.7 Å². The fraction of sp³-hybridized carbons (Fsp3) is 0.818. The summed E-state index contributed by atoms with van der Waals surface area (Å²) in [6, 6.07) is 0. The summed E-state index contributed by atoms with van der Waals surface area (Å²) in [5, 5.41) is 0. The van der Waals surface area contributed by atoms with Gasteiger partial charge in [0.25, 0.3) is 0 Å². The van der Waals surface area contributed by atoms with Gasteiger partial charge in [-0.2, -0.15) is 0 Å². The maximum absolute atomic E-state index is 5.75. The van der Waals surface area contributed by atoms with E-state index in [0.717, 1.165) is 19.3 Å². The van der Waals surface area contributed by atoms with E-state index >= 15 is 0 Å². The van der Waals surface area contributed by atoms with Gasteiger partial charge in [0.15, 0.2) is 0 Å². The van der Waals surface area contributed by atoms with Crippen LogP contribution in [0.25, 0.3) is 0 Å². The number of ether oxygens (including phenoxy) is 1. The molecule has 0 saturated heterocycles. The van der Waals surface area contributed by atoms with E-state index < -0.39 is 0 Å². The molecule has 0 bridgehead atoms. The van der Waals surface area contributed by atoms with Crippen molar-refractivity contribution in [2.75, 3.05) is 0 Å². The van der Waals surface area contributed by atoms with Crippen LogP contribution in [0, 0.1) is 5.92 Å². The van der Waals surface area contributed by atoms with Crippen LogP contribution < -0.4 is 0 Å². The van der Waals surface area contributed by atoms with Gasteiger partial charge in [-0.3, -0.25) is 0 Å². The SMILES string of the molecule is CCC1(CC)CC(C(C)C)=CO1. The zero-order chi connectivity index (χ0) is 9.19. The second-order valence-corrected chi connectivity index (χ2v) is 4.03. The van der Waals surface area contributed by atoms with Crippen molar-refractivity contribution in [1.29, 1.82) is 0 Å². The topological polar surface area (TPSA) is 9.23 Å². The van der Waals surface area contributed by atoms with Gasteiger partial charge < -0.3 is 4.74 Å². The van der Waals surface area contributed by atoms with Gasteiger partial charge in [0, 0.05) is 6.42 Å². The molecule has 1 heteroatoms. The van der Waals surface area contributed by atoms with Crippen molar-refractivity contribution >= 4 is 0 Å². The lowest BCUT2D eigenvalue weighted by Gasteiger charge is -2.26. The van der Waals surface area contributed by atoms with Gasteiger partial charge in [-0.1, -0.05) is 27.7 Å². The van der Waals surface area contributed by atoms with Gasteiger partial charge >= 0.3 is 0 Å². The first-order valence-electron chi connectivity index (χ1n) is 5.00. The zero-order valence-corrected chi connectivity index (χ0v) is 8.68. The Morgan fingerprint density at radius 2 is 2.00 bits per heavy atom. The standard InChI is InChI=1S/C11H20O/c1-5-11(6-2)7-10(8-12-11)9(3)4/h8-9H,5-7H2,1-4H3. The number of hydrogen-bond donors (Lipinski definition) is 0. The molecule has 1 nitrogen and oxygen atoms in total. The van der Waals surface area contributed by atoms with E-state index in [4.69, 9.17) is 4.74 Å². The van der Waals surface area contributed by atoms with Crippen LogP contribution in [0.3, 0.4) is 0 Å². The van der Waals surface area contributed by atoms with E-state index in [1.807, 2.05) is 6.26 Å². The predicted octanol–water partition coefficient (Wildman–Crippen LogP) is 3.51. The Bertz CT molecular complexity index is 175. The highest BCUT2D eigenvalue weighted by atomic mass is 16.5. The minimum absolute atomic E-state index is 0.138. The van der Waals surface area contributed by atoms with Gasteiger partial charge in [0.2, 0.25) is 0 Å². The Kier molecular flexibility index (Phi) is 2.81. The summed E-state index contributed by atoms with van der Waals surface area (Å²) < 4.78 is 5.75. The molecule has 1 aliphatic rings. The van der Waals surface area contributed by atoms with Gasteiger partial charge in [-0.15, -0.1) is 0 Å². The molecule has 1 aliphatic heterocycles. The Balaban J connectivity index is 2.60. The van der Waals surface area contributed by atoms with Gasteiger partial charge in [-0.25, -0.2) is 0 Å². The first kappa shape index (κ1) is 9.63. The van der Waals surface area contributed by atoms with Gasteiger partial charge in [-0.05, 0) is 24.3 Å². The molecule has 0 saturated carbocycles. The highest BCUT2D eigenvalue weighted by Gasteiger charge is 2.33. The first-order chi connectivity index (χ1) is 5.63. The summed E-state index contributed by atoms with van der Waals surface area (Å²) >= 11 is 0. The van der Waals surface area contributed by atoms with Crippen LogP contribution in [0.2, 0.25) is 0 Å². The third-order valence-electron chi connectivity index (χ3n) is 3.02. The normalized spacial score (nSPS) is 20.9. The highest BCUT2D eigenvalue weighted by molar-refractivity contribution is 5.12. The lowest BCUT2D eigenvalue weighted by Crippen LogP contribution is -2.25. The molecule has 70 valence electrons. The second-order valence-electron chi connectivity index (χ2n) is 4.03. The van der Waals surface area contributed by atoms with Gasteiger partial charge in [0.05, 0.1) is 6.26 Å². The van der Waals surface area contributed by atoms with Crippen molar-refractivity contribution in [2.24, 2.45) is 5.92 Å². The molecule has 0 amide bonds. The van der Waals surface area contributed by atoms with Gasteiger partial charge in [0.1, 0.15) is 5.60 Å². The molecule has 0 aromatic carbocycles. The molecule has 0 unspecified atom stereocenters. The van der Waals surface area contributed by atoms with Crippen LogP contribution in [0.1, 0.15) is 47.0 Å². The van der Waals surface area contributed by atoms with Crippen molar-refractivity contribution in [3.63, 3.8) is 0 Å². The van der Waals surface area contributed by atoms with Crippen LogP contribution >= 0.6 is 0 Å². The average Bonchev–Trinajstić information content (AvgIpc) is 2.49. The molecule has 0 atom stereocenters. The van der Waals surface area contributed by atoms with Crippen LogP contribution in [-0.4, -0.2) is 5.60 Å². The van der Waals surface area contributed by atoms with E-state index in [9.17, 15) is 0 Å². The van der Waals surface area contributed by atoms with E-state index in [-0.39, 0.29) is 5.60 Å². The maximum Gasteiger partial charge on any atom is 0.111 e. The lowest BCUT2D eigenvalue weighted by atomic mass is 9.88. The number of rotatable bonds is 3. The number of hydrogen-bond acceptors (Lipinski definition) is 1. The van der Waals surface area contributed by atoms with Crippen LogP contribution in [-0.2, 0) is 4.74 Å². The monoisotopic (exact) mass is 168 g/mol. The van der Waals surface area contributed by atoms with Crippen molar-refractivity contribution < 1.29 is 4.74 Å². The zero-order valence-electron chi connectivity index (χ0n) is 8.68. The fourth-order valence-electron chi connectivity index (χ4n) is 1.66. The molecular formula is C11H20O. The average molecular weight is 168 g/mol. The Morgan fingerprint density at radius 3 is 2.25 bits per heavy atom. The minimum Gasteiger partial charge on any atom is -0.495 e. The fourth-order valence-corrected chi connectivity index (χ4v) is 1.66. The Hall–Kier alpha value is -0.460. The molecule has 0 aromatic heterocycles. The quantitative estimate of drug-likeness (QED) is 0.626. The summed E-state index contributed by atoms with van der Waals surface area (Å²) in [6.45, 7) is 8.88. The minimum atomic E-state index is 0.138. The molecule has 1 rings (SSSR count). The summed E-state index contributed by atoms with van der Waals surface area (Å²) in [5.41, 5.74) is 1.61. The molecule has 0 N–H and O–H groups in total. The lowest BCUT2D eigenvalue weighted by molar-refractivity contribution is 0.0365. The summed E-state index contributed by atoms with van der Waals surface area (Å²) in [5.74, 6) is 0.643. The molecular weight excluding hydrogens is 148 g/mol. The molecule has 0 fully saturated rings. The van der Waals surface area contributed by atoms with Crippen LogP contribution in [0.15, 0.2) is 11.8 Å². The van der Waals surface area contributed by atoms with E-state index in [1.54, 1.807) is 0 Å². The molecule has 0 radical (unpaired) electrons. The van der Waals surface area contributed by atoms with E-state index in [0.29, 0.717) is 5.92 Å². The molecule has 0 spiro atoms. The molecule has 1 heterocycles. The summed E-state index contributed by atoms with van der Waals surface area (Å²) in [7, 11) is 0. The summed E-state index contributed by atoms with van der Waals surface area (Å²) in [4.78, 5) is 0. The maximum atomic E-state index is 5.75.